The Kier molecular flexibility index (Phi) is 5.71. The van der Waals surface area contributed by atoms with Crippen LogP contribution in [-0.4, -0.2) is 35.0 Å². The first-order valence-electron chi connectivity index (χ1n) is 10.2. The third-order valence-corrected chi connectivity index (χ3v) is 5.74. The fraction of sp³-hybridized carbons (Fsp3) is 0.240. The van der Waals surface area contributed by atoms with Gasteiger partial charge in [-0.25, -0.2) is 4.79 Å². The van der Waals surface area contributed by atoms with Crippen LogP contribution in [0.4, 0.5) is 0 Å². The number of esters is 1. The molecule has 2 aromatic heterocycles. The number of fused-ring (bicyclic) bond motifs is 2. The second-order valence-corrected chi connectivity index (χ2v) is 7.70. The van der Waals surface area contributed by atoms with Gasteiger partial charge in [0.05, 0.1) is 19.0 Å². The number of aryl methyl sites for hydroxylation is 2. The molecule has 0 aliphatic carbocycles. The molecule has 1 atom stereocenters. The number of nitrogens with zero attached hydrogens (tertiary/aromatic N) is 1. The summed E-state index contributed by atoms with van der Waals surface area (Å²) in [5.41, 5.74) is 5.58. The smallest absolute Gasteiger partial charge is 0.328 e. The third kappa shape index (κ3) is 4.14. The molecule has 0 fully saturated rings. The normalized spacial score (nSPS) is 12.1. The van der Waals surface area contributed by atoms with Gasteiger partial charge in [0.2, 0.25) is 5.91 Å². The number of H-pyrrole nitrogens is 1. The zero-order valence-corrected chi connectivity index (χ0v) is 17.9. The SMILES string of the molecule is COC(=O)C(Cc1c[nH]c2ccccc12)NC(=O)Cc1c(C)nc2ccccc2c1C. The molecule has 6 nitrogen and oxygen atoms in total. The first-order chi connectivity index (χ1) is 15.0. The minimum Gasteiger partial charge on any atom is -0.467 e. The van der Waals surface area contributed by atoms with Gasteiger partial charge in [0.1, 0.15) is 6.04 Å². The molecule has 0 radical (unpaired) electrons. The molecular weight excluding hydrogens is 390 g/mol. The minimum atomic E-state index is -0.772. The third-order valence-electron chi connectivity index (χ3n) is 5.74. The highest BCUT2D eigenvalue weighted by atomic mass is 16.5. The zero-order chi connectivity index (χ0) is 22.0. The van der Waals surface area contributed by atoms with E-state index in [2.05, 4.69) is 15.3 Å². The van der Waals surface area contributed by atoms with E-state index in [1.165, 1.54) is 7.11 Å². The second-order valence-electron chi connectivity index (χ2n) is 7.70. The Morgan fingerprint density at radius 3 is 2.55 bits per heavy atom. The molecule has 2 N–H and O–H groups in total. The van der Waals surface area contributed by atoms with Gasteiger partial charge in [-0.15, -0.1) is 0 Å². The maximum atomic E-state index is 12.9. The Morgan fingerprint density at radius 2 is 1.77 bits per heavy atom. The van der Waals surface area contributed by atoms with E-state index in [9.17, 15) is 9.59 Å². The van der Waals surface area contributed by atoms with E-state index < -0.39 is 12.0 Å². The van der Waals surface area contributed by atoms with E-state index in [0.29, 0.717) is 6.42 Å². The van der Waals surface area contributed by atoms with Crippen molar-refractivity contribution >= 4 is 33.7 Å². The summed E-state index contributed by atoms with van der Waals surface area (Å²) in [6, 6.07) is 15.0. The number of para-hydroxylation sites is 2. The number of pyridine rings is 1. The number of hydrogen-bond donors (Lipinski definition) is 2. The van der Waals surface area contributed by atoms with E-state index >= 15 is 0 Å². The number of hydrogen-bond acceptors (Lipinski definition) is 4. The lowest BCUT2D eigenvalue weighted by atomic mass is 9.99. The molecule has 2 aromatic carbocycles. The van der Waals surface area contributed by atoms with Crippen LogP contribution in [0.15, 0.2) is 54.7 Å². The summed E-state index contributed by atoms with van der Waals surface area (Å²) in [6.45, 7) is 3.91. The molecule has 0 saturated heterocycles. The largest absolute Gasteiger partial charge is 0.467 e. The van der Waals surface area contributed by atoms with Gasteiger partial charge in [-0.3, -0.25) is 9.78 Å². The Morgan fingerprint density at radius 1 is 1.06 bits per heavy atom. The Labute approximate surface area is 180 Å². The molecule has 6 heteroatoms. The van der Waals surface area contributed by atoms with Crippen LogP contribution in [0.2, 0.25) is 0 Å². The molecular formula is C25H25N3O3. The van der Waals surface area contributed by atoms with Gasteiger partial charge in [-0.05, 0) is 42.7 Å². The summed E-state index contributed by atoms with van der Waals surface area (Å²) >= 11 is 0. The van der Waals surface area contributed by atoms with Gasteiger partial charge in [0, 0.05) is 34.6 Å². The maximum Gasteiger partial charge on any atom is 0.328 e. The molecule has 2 heterocycles. The number of methoxy groups -OCH3 is 1. The van der Waals surface area contributed by atoms with Crippen molar-refractivity contribution in [1.82, 2.24) is 15.3 Å². The van der Waals surface area contributed by atoms with Crippen LogP contribution in [0.25, 0.3) is 21.8 Å². The van der Waals surface area contributed by atoms with Gasteiger partial charge in [0.25, 0.3) is 0 Å². The second kappa shape index (κ2) is 8.60. The van der Waals surface area contributed by atoms with Crippen molar-refractivity contribution in [2.45, 2.75) is 32.7 Å². The standard InChI is InChI=1S/C25H25N3O3/c1-15-18-8-4-7-11-22(18)27-16(2)20(15)13-24(29)28-23(25(30)31-3)12-17-14-26-21-10-6-5-9-19(17)21/h4-11,14,23,26H,12-13H2,1-3H3,(H,28,29). The summed E-state index contributed by atoms with van der Waals surface area (Å²) in [5.74, 6) is -0.706. The van der Waals surface area contributed by atoms with Gasteiger partial charge < -0.3 is 15.0 Å². The number of aromatic nitrogens is 2. The van der Waals surface area contributed by atoms with Crippen LogP contribution in [0.1, 0.15) is 22.4 Å². The number of ether oxygens (including phenoxy) is 1. The molecule has 4 aromatic rings. The van der Waals surface area contributed by atoms with Gasteiger partial charge >= 0.3 is 5.97 Å². The summed E-state index contributed by atoms with van der Waals surface area (Å²) in [4.78, 5) is 33.2. The topological polar surface area (TPSA) is 84.1 Å². The van der Waals surface area contributed by atoms with Crippen LogP contribution in [0.3, 0.4) is 0 Å². The number of nitrogens with one attached hydrogen (secondary N) is 2. The highest BCUT2D eigenvalue weighted by molar-refractivity contribution is 5.90. The van der Waals surface area contributed by atoms with Crippen molar-refractivity contribution in [3.8, 4) is 0 Å². The Hall–Kier alpha value is -3.67. The predicted octanol–water partition coefficient (Wildman–Crippen LogP) is 3.78. The van der Waals surface area contributed by atoms with E-state index in [0.717, 1.165) is 44.2 Å². The summed E-state index contributed by atoms with van der Waals surface area (Å²) in [7, 11) is 1.33. The molecule has 0 spiro atoms. The lowest BCUT2D eigenvalue weighted by molar-refractivity contribution is -0.145. The van der Waals surface area contributed by atoms with Crippen LogP contribution < -0.4 is 5.32 Å². The molecule has 1 unspecified atom stereocenters. The predicted molar refractivity (Wildman–Crippen MR) is 121 cm³/mol. The van der Waals surface area contributed by atoms with Gasteiger partial charge in [-0.1, -0.05) is 36.4 Å². The number of aromatic amines is 1. The Bertz CT molecular complexity index is 1280. The fourth-order valence-corrected chi connectivity index (χ4v) is 4.09. The average molecular weight is 415 g/mol. The first kappa shape index (κ1) is 20.6. The quantitative estimate of drug-likeness (QED) is 0.470. The number of carbonyl (C=O) groups excluding carboxylic acids is 2. The zero-order valence-electron chi connectivity index (χ0n) is 17.9. The maximum absolute atomic E-state index is 12.9. The molecule has 0 bridgehead atoms. The molecule has 158 valence electrons. The van der Waals surface area contributed by atoms with Gasteiger partial charge in [-0.2, -0.15) is 0 Å². The van der Waals surface area contributed by atoms with E-state index in [1.54, 1.807) is 0 Å². The molecule has 31 heavy (non-hydrogen) atoms. The monoisotopic (exact) mass is 415 g/mol. The van der Waals surface area contributed by atoms with Crippen molar-refractivity contribution in [3.05, 3.63) is 77.1 Å². The number of benzene rings is 2. The number of carbonyl (C=O) groups is 2. The van der Waals surface area contributed by atoms with Crippen LogP contribution in [-0.2, 0) is 27.2 Å². The molecule has 0 aliphatic rings. The fourth-order valence-electron chi connectivity index (χ4n) is 4.09. The summed E-state index contributed by atoms with van der Waals surface area (Å²) < 4.78 is 4.95. The summed E-state index contributed by atoms with van der Waals surface area (Å²) in [6.07, 6.45) is 2.36. The van der Waals surface area contributed by atoms with Crippen molar-refractivity contribution in [3.63, 3.8) is 0 Å². The first-order valence-corrected chi connectivity index (χ1v) is 10.2. The van der Waals surface area contributed by atoms with E-state index in [4.69, 9.17) is 4.74 Å². The van der Waals surface area contributed by atoms with Crippen LogP contribution in [0, 0.1) is 13.8 Å². The minimum absolute atomic E-state index is 0.150. The molecule has 0 saturated carbocycles. The van der Waals surface area contributed by atoms with E-state index in [-0.39, 0.29) is 12.3 Å². The van der Waals surface area contributed by atoms with Gasteiger partial charge in [0.15, 0.2) is 0 Å². The van der Waals surface area contributed by atoms with Crippen LogP contribution >= 0.6 is 0 Å². The molecule has 1 amide bonds. The lowest BCUT2D eigenvalue weighted by Gasteiger charge is -2.18. The van der Waals surface area contributed by atoms with Crippen molar-refractivity contribution in [1.29, 1.82) is 0 Å². The highest BCUT2D eigenvalue weighted by Crippen LogP contribution is 2.23. The average Bonchev–Trinajstić information content (AvgIpc) is 3.18. The van der Waals surface area contributed by atoms with Crippen LogP contribution in [0.5, 0.6) is 0 Å². The molecule has 0 aliphatic heterocycles. The van der Waals surface area contributed by atoms with Crippen molar-refractivity contribution in [2.75, 3.05) is 7.11 Å². The molecule has 4 rings (SSSR count). The lowest BCUT2D eigenvalue weighted by Crippen LogP contribution is -2.43. The highest BCUT2D eigenvalue weighted by Gasteiger charge is 2.24. The summed E-state index contributed by atoms with van der Waals surface area (Å²) in [5, 5.41) is 4.92. The number of rotatable bonds is 6. The Balaban J connectivity index is 1.56. The van der Waals surface area contributed by atoms with E-state index in [1.807, 2.05) is 68.6 Å². The van der Waals surface area contributed by atoms with Crippen molar-refractivity contribution in [2.24, 2.45) is 0 Å². The van der Waals surface area contributed by atoms with Crippen molar-refractivity contribution < 1.29 is 14.3 Å². The number of amides is 1.